The van der Waals surface area contributed by atoms with Gasteiger partial charge in [0.2, 0.25) is 10.0 Å². The van der Waals surface area contributed by atoms with Gasteiger partial charge in [-0.05, 0) is 35.6 Å². The first-order valence-corrected chi connectivity index (χ1v) is 8.75. The van der Waals surface area contributed by atoms with Crippen LogP contribution in [-0.2, 0) is 16.6 Å². The summed E-state index contributed by atoms with van der Waals surface area (Å²) in [5.41, 5.74) is 6.02. The number of nitrogens with one attached hydrogen (secondary N) is 1. The predicted molar refractivity (Wildman–Crippen MR) is 77.0 cm³/mol. The van der Waals surface area contributed by atoms with E-state index in [4.69, 9.17) is 5.73 Å². The van der Waals surface area contributed by atoms with Crippen LogP contribution in [0.4, 0.5) is 4.39 Å². The van der Waals surface area contributed by atoms with E-state index in [1.807, 2.05) is 13.2 Å². The number of halogens is 1. The molecule has 108 valence electrons. The molecule has 4 nitrogen and oxygen atoms in total. The molecule has 0 heterocycles. The molecule has 3 N–H and O–H groups in total. The van der Waals surface area contributed by atoms with E-state index in [2.05, 4.69) is 4.72 Å². The van der Waals surface area contributed by atoms with Crippen molar-refractivity contribution in [2.24, 2.45) is 11.7 Å². The topological polar surface area (TPSA) is 72.2 Å². The van der Waals surface area contributed by atoms with E-state index in [0.717, 1.165) is 11.8 Å². The standard InChI is InChI=1S/C12H19FN2O2S2/c1-9(8-18-2)7-15-19(16,17)12-5-10(6-14)3-4-11(12)13/h3-5,9,15H,6-8,14H2,1-2H3. The van der Waals surface area contributed by atoms with Crippen molar-refractivity contribution >= 4 is 21.8 Å². The highest BCUT2D eigenvalue weighted by Gasteiger charge is 2.19. The summed E-state index contributed by atoms with van der Waals surface area (Å²) in [5, 5.41) is 0. The monoisotopic (exact) mass is 306 g/mol. The molecule has 0 radical (unpaired) electrons. The van der Waals surface area contributed by atoms with Crippen molar-refractivity contribution < 1.29 is 12.8 Å². The van der Waals surface area contributed by atoms with Crippen LogP contribution in [-0.4, -0.2) is 27.0 Å². The fraction of sp³-hybridized carbons (Fsp3) is 0.500. The zero-order valence-electron chi connectivity index (χ0n) is 11.0. The Morgan fingerprint density at radius 2 is 2.16 bits per heavy atom. The molecule has 19 heavy (non-hydrogen) atoms. The number of thioether (sulfide) groups is 1. The number of hydrogen-bond donors (Lipinski definition) is 2. The second-order valence-corrected chi connectivity index (χ2v) is 7.03. The third-order valence-corrected chi connectivity index (χ3v) is 4.93. The van der Waals surface area contributed by atoms with E-state index in [-0.39, 0.29) is 23.9 Å². The van der Waals surface area contributed by atoms with Gasteiger partial charge in [-0.15, -0.1) is 0 Å². The van der Waals surface area contributed by atoms with Gasteiger partial charge >= 0.3 is 0 Å². The van der Waals surface area contributed by atoms with Crippen molar-refractivity contribution in [1.82, 2.24) is 4.72 Å². The number of sulfonamides is 1. The molecule has 0 bridgehead atoms. The van der Waals surface area contributed by atoms with Crippen molar-refractivity contribution in [3.8, 4) is 0 Å². The Kier molecular flexibility index (Phi) is 6.25. The Bertz CT molecular complexity index is 520. The predicted octanol–water partition coefficient (Wildman–Crippen LogP) is 1.56. The summed E-state index contributed by atoms with van der Waals surface area (Å²) in [6.45, 7) is 2.40. The molecule has 1 aromatic rings. The molecule has 0 spiro atoms. The fourth-order valence-electron chi connectivity index (χ4n) is 1.55. The average molecular weight is 306 g/mol. The first-order chi connectivity index (χ1) is 8.90. The minimum absolute atomic E-state index is 0.172. The van der Waals surface area contributed by atoms with Crippen LogP contribution in [0, 0.1) is 11.7 Å². The zero-order valence-corrected chi connectivity index (χ0v) is 12.7. The summed E-state index contributed by atoms with van der Waals surface area (Å²) in [6.07, 6.45) is 1.95. The van der Waals surface area contributed by atoms with Gasteiger partial charge in [0, 0.05) is 13.1 Å². The highest BCUT2D eigenvalue weighted by molar-refractivity contribution is 7.98. The Labute approximate surface area is 118 Å². The van der Waals surface area contributed by atoms with E-state index in [0.29, 0.717) is 5.56 Å². The third kappa shape index (κ3) is 4.76. The van der Waals surface area contributed by atoms with Crippen LogP contribution in [0.15, 0.2) is 23.1 Å². The minimum Gasteiger partial charge on any atom is -0.326 e. The van der Waals surface area contributed by atoms with Gasteiger partial charge in [-0.25, -0.2) is 17.5 Å². The van der Waals surface area contributed by atoms with Crippen LogP contribution in [0.25, 0.3) is 0 Å². The van der Waals surface area contributed by atoms with Crippen LogP contribution >= 0.6 is 11.8 Å². The number of benzene rings is 1. The molecule has 1 rings (SSSR count). The molecule has 1 atom stereocenters. The Morgan fingerprint density at radius 1 is 1.47 bits per heavy atom. The first kappa shape index (κ1) is 16.4. The van der Waals surface area contributed by atoms with Gasteiger partial charge in [-0.1, -0.05) is 13.0 Å². The molecular weight excluding hydrogens is 287 g/mol. The lowest BCUT2D eigenvalue weighted by Crippen LogP contribution is -2.30. The third-order valence-electron chi connectivity index (χ3n) is 2.59. The molecule has 0 saturated heterocycles. The molecule has 0 aliphatic carbocycles. The normalized spacial score (nSPS) is 13.5. The van der Waals surface area contributed by atoms with E-state index in [1.165, 1.54) is 12.1 Å². The number of hydrogen-bond acceptors (Lipinski definition) is 4. The Hall–Kier alpha value is -0.630. The van der Waals surface area contributed by atoms with Gasteiger partial charge < -0.3 is 5.73 Å². The van der Waals surface area contributed by atoms with Crippen LogP contribution < -0.4 is 10.5 Å². The lowest BCUT2D eigenvalue weighted by atomic mass is 10.2. The summed E-state index contributed by atoms with van der Waals surface area (Å²) in [7, 11) is -3.83. The van der Waals surface area contributed by atoms with Crippen LogP contribution in [0.5, 0.6) is 0 Å². The van der Waals surface area contributed by atoms with Crippen LogP contribution in [0.1, 0.15) is 12.5 Å². The first-order valence-electron chi connectivity index (χ1n) is 5.87. The second kappa shape index (κ2) is 7.23. The van der Waals surface area contributed by atoms with Crippen molar-refractivity contribution in [2.75, 3.05) is 18.6 Å². The molecule has 0 aliphatic heterocycles. The Balaban J connectivity index is 2.88. The van der Waals surface area contributed by atoms with Gasteiger partial charge in [0.1, 0.15) is 10.7 Å². The molecule has 0 fully saturated rings. The van der Waals surface area contributed by atoms with Gasteiger partial charge in [-0.3, -0.25) is 0 Å². The quantitative estimate of drug-likeness (QED) is 0.802. The molecule has 0 saturated carbocycles. The minimum atomic E-state index is -3.83. The highest BCUT2D eigenvalue weighted by Crippen LogP contribution is 2.16. The fourth-order valence-corrected chi connectivity index (χ4v) is 3.53. The SMILES string of the molecule is CSCC(C)CNS(=O)(=O)c1cc(CN)ccc1F. The maximum absolute atomic E-state index is 13.6. The lowest BCUT2D eigenvalue weighted by molar-refractivity contribution is 0.544. The molecule has 7 heteroatoms. The highest BCUT2D eigenvalue weighted by atomic mass is 32.2. The second-order valence-electron chi connectivity index (χ2n) is 4.38. The van der Waals surface area contributed by atoms with E-state index in [9.17, 15) is 12.8 Å². The van der Waals surface area contributed by atoms with Crippen molar-refractivity contribution in [3.05, 3.63) is 29.6 Å². The van der Waals surface area contributed by atoms with E-state index < -0.39 is 15.8 Å². The summed E-state index contributed by atoms with van der Waals surface area (Å²) in [5.74, 6) is 0.265. The Morgan fingerprint density at radius 3 is 2.74 bits per heavy atom. The van der Waals surface area contributed by atoms with E-state index in [1.54, 1.807) is 11.8 Å². The van der Waals surface area contributed by atoms with Gasteiger partial charge in [0.05, 0.1) is 0 Å². The zero-order chi connectivity index (χ0) is 14.5. The summed E-state index contributed by atoms with van der Waals surface area (Å²) in [4.78, 5) is -0.341. The number of rotatable bonds is 7. The molecule has 1 unspecified atom stereocenters. The van der Waals surface area contributed by atoms with Crippen molar-refractivity contribution in [1.29, 1.82) is 0 Å². The van der Waals surface area contributed by atoms with Gasteiger partial charge in [-0.2, -0.15) is 11.8 Å². The molecular formula is C12H19FN2O2S2. The summed E-state index contributed by atoms with van der Waals surface area (Å²) < 4.78 is 40.1. The molecule has 0 amide bonds. The van der Waals surface area contributed by atoms with E-state index >= 15 is 0 Å². The summed E-state index contributed by atoms with van der Waals surface area (Å²) >= 11 is 1.64. The number of nitrogens with two attached hydrogens (primary N) is 1. The van der Waals surface area contributed by atoms with Crippen molar-refractivity contribution in [2.45, 2.75) is 18.4 Å². The molecule has 0 aliphatic rings. The molecule has 0 aromatic heterocycles. The lowest BCUT2D eigenvalue weighted by Gasteiger charge is -2.12. The van der Waals surface area contributed by atoms with Crippen LogP contribution in [0.3, 0.4) is 0 Å². The maximum atomic E-state index is 13.6. The summed E-state index contributed by atoms with van der Waals surface area (Å²) in [6, 6.07) is 3.88. The maximum Gasteiger partial charge on any atom is 0.243 e. The van der Waals surface area contributed by atoms with Crippen molar-refractivity contribution in [3.63, 3.8) is 0 Å². The average Bonchev–Trinajstić information content (AvgIpc) is 2.37. The van der Waals surface area contributed by atoms with Crippen LogP contribution in [0.2, 0.25) is 0 Å². The molecule has 1 aromatic carbocycles. The van der Waals surface area contributed by atoms with Gasteiger partial charge in [0.25, 0.3) is 0 Å². The van der Waals surface area contributed by atoms with Gasteiger partial charge in [0.15, 0.2) is 0 Å². The smallest absolute Gasteiger partial charge is 0.243 e. The largest absolute Gasteiger partial charge is 0.326 e.